The molecule has 0 bridgehead atoms. The summed E-state index contributed by atoms with van der Waals surface area (Å²) >= 11 is 0. The monoisotopic (exact) mass is 1440 g/mol. The third-order valence-corrected chi connectivity index (χ3v) is 28.8. The Kier molecular flexibility index (Phi) is 25.0. The molecule has 7 fully saturated rings. The van der Waals surface area contributed by atoms with E-state index < -0.39 is 23.8 Å². The molecule has 0 spiro atoms. The van der Waals surface area contributed by atoms with Gasteiger partial charge in [-0.1, -0.05) is 145 Å². The highest BCUT2D eigenvalue weighted by Crippen LogP contribution is 2.69. The van der Waals surface area contributed by atoms with Crippen molar-refractivity contribution in [3.05, 3.63) is 119 Å². The normalized spacial score (nSPS) is 30.3. The fourth-order valence-corrected chi connectivity index (χ4v) is 22.7. The lowest BCUT2D eigenvalue weighted by molar-refractivity contribution is -0.165. The van der Waals surface area contributed by atoms with Crippen LogP contribution in [0.2, 0.25) is 0 Å². The van der Waals surface area contributed by atoms with Gasteiger partial charge in [0, 0.05) is 47.8 Å². The lowest BCUT2D eigenvalue weighted by Crippen LogP contribution is -2.54. The number of nitrogens with one attached hydrogen (secondary N) is 3. The molecule has 7 aliphatic carbocycles. The van der Waals surface area contributed by atoms with Crippen molar-refractivity contribution in [2.24, 2.45) is 86.8 Å². The van der Waals surface area contributed by atoms with Crippen molar-refractivity contribution in [3.63, 3.8) is 0 Å². The first kappa shape index (κ1) is 78.5. The molecule has 12 rings (SSSR count). The van der Waals surface area contributed by atoms with Crippen LogP contribution in [-0.2, 0) is 62.2 Å². The maximum atomic E-state index is 14.5. The maximum absolute atomic E-state index is 14.5. The standard InChI is InChI=1S/C92H124N4O10/c1-60(27-39-83(97)102-11)62(3)89(7)45-43-76-67(59-89)31-32-68-57-70(41-46-90(68,76)8)104-85(99)79(53-63-21-15-13-16-22-63)93-49-19-25-65-29-34-72-73-35-30-66(56-82(73)96(81(72)55-65)52-51-95-87(101)106-88(4,5)6)26-20-50-94-80(54-64-23-17-14-18-24-64)86(100)105-71-42-47-91(9)69(58-71)33-36-74-77-38-37-75(61(2)28-40-84(98)103-12)92(77,10)48-44-78(74)91/h13-18,21-24,29-30,34-35,55-56,60-62,67-71,74-80,93-94H,27-28,31-33,36-54,57-59H2,1-12H3,(H,95,101)/t60-,61-,62?,67+,68+,69-,70-,71-,74+,75?,76?,77+,78?,79+,80+,89?,90?,91?,92?/m1/s1. The predicted molar refractivity (Wildman–Crippen MR) is 420 cm³/mol. The Morgan fingerprint density at radius 3 is 1.63 bits per heavy atom. The second-order valence-electron chi connectivity index (χ2n) is 36.0. The number of alkyl carbamates (subject to hydrolysis) is 1. The summed E-state index contributed by atoms with van der Waals surface area (Å²) < 4.78 is 31.0. The summed E-state index contributed by atoms with van der Waals surface area (Å²) in [5, 5.41) is 12.1. The van der Waals surface area contributed by atoms with Gasteiger partial charge >= 0.3 is 30.0 Å². The highest BCUT2D eigenvalue weighted by atomic mass is 16.6. The summed E-state index contributed by atoms with van der Waals surface area (Å²) in [6, 6.07) is 31.7. The van der Waals surface area contributed by atoms with Crippen molar-refractivity contribution in [1.82, 2.24) is 20.5 Å². The largest absolute Gasteiger partial charge is 0.469 e. The zero-order valence-corrected chi connectivity index (χ0v) is 66.0. The molecule has 8 unspecified atom stereocenters. The number of rotatable bonds is 24. The van der Waals surface area contributed by atoms with Crippen LogP contribution in [0.15, 0.2) is 97.1 Å². The molecular formula is C92H124N4O10. The zero-order valence-electron chi connectivity index (χ0n) is 66.0. The van der Waals surface area contributed by atoms with Crippen LogP contribution in [0.3, 0.4) is 0 Å². The minimum Gasteiger partial charge on any atom is -0.469 e. The quantitative estimate of drug-likeness (QED) is 0.0304. The Balaban J connectivity index is 0.690. The molecule has 0 radical (unpaired) electrons. The molecule has 19 atom stereocenters. The predicted octanol–water partition coefficient (Wildman–Crippen LogP) is 17.7. The molecule has 7 saturated carbocycles. The molecule has 14 heteroatoms. The van der Waals surface area contributed by atoms with E-state index in [0.717, 1.165) is 107 Å². The third-order valence-electron chi connectivity index (χ3n) is 28.8. The molecule has 0 aliphatic heterocycles. The summed E-state index contributed by atoms with van der Waals surface area (Å²) in [5.74, 6) is 19.7. The molecule has 106 heavy (non-hydrogen) atoms. The summed E-state index contributed by atoms with van der Waals surface area (Å²) in [7, 11) is 2.98. The van der Waals surface area contributed by atoms with Crippen molar-refractivity contribution in [2.75, 3.05) is 33.9 Å². The Morgan fingerprint density at radius 2 is 1.08 bits per heavy atom. The number of amides is 1. The summed E-state index contributed by atoms with van der Waals surface area (Å²) in [4.78, 5) is 66.2. The van der Waals surface area contributed by atoms with Crippen LogP contribution in [0.4, 0.5) is 4.79 Å². The van der Waals surface area contributed by atoms with Gasteiger partial charge in [-0.15, -0.1) is 0 Å². The Hall–Kier alpha value is -7.13. The number of nitrogens with zero attached hydrogens (tertiary/aromatic N) is 1. The van der Waals surface area contributed by atoms with Crippen LogP contribution in [-0.4, -0.2) is 98.3 Å². The number of fused-ring (bicyclic) bond motifs is 11. The van der Waals surface area contributed by atoms with Gasteiger partial charge in [-0.2, -0.15) is 0 Å². The van der Waals surface area contributed by atoms with Crippen LogP contribution in [0, 0.1) is 110 Å². The van der Waals surface area contributed by atoms with E-state index in [9.17, 15) is 24.0 Å². The van der Waals surface area contributed by atoms with Gasteiger partial charge in [-0.05, 0) is 278 Å². The van der Waals surface area contributed by atoms with E-state index in [0.29, 0.717) is 97.4 Å². The smallest absolute Gasteiger partial charge is 0.407 e. The van der Waals surface area contributed by atoms with Crippen LogP contribution >= 0.6 is 0 Å². The average molecular weight is 1450 g/mol. The average Bonchev–Trinajstić information content (AvgIpc) is 1.31. The molecule has 5 aromatic rings. The minimum atomic E-state index is -0.648. The number of aromatic nitrogens is 1. The highest BCUT2D eigenvalue weighted by Gasteiger charge is 2.61. The first-order valence-electron chi connectivity index (χ1n) is 40.9. The van der Waals surface area contributed by atoms with Gasteiger partial charge in [-0.25, -0.2) is 4.79 Å². The van der Waals surface area contributed by atoms with Crippen LogP contribution in [0.25, 0.3) is 21.8 Å². The van der Waals surface area contributed by atoms with Crippen LogP contribution in [0.1, 0.15) is 226 Å². The molecule has 3 N–H and O–H groups in total. The lowest BCUT2D eigenvalue weighted by Gasteiger charge is -2.61. The molecule has 1 aromatic heterocycles. The van der Waals surface area contributed by atoms with E-state index in [2.05, 4.69) is 141 Å². The Morgan fingerprint density at radius 1 is 0.575 bits per heavy atom. The minimum absolute atomic E-state index is 0.0965. The number of carbonyl (C=O) groups excluding carboxylic acids is 5. The van der Waals surface area contributed by atoms with Gasteiger partial charge in [0.25, 0.3) is 0 Å². The second-order valence-corrected chi connectivity index (χ2v) is 36.0. The number of hydrogen-bond acceptors (Lipinski definition) is 12. The second kappa shape index (κ2) is 33.8. The molecule has 0 saturated heterocycles. The first-order chi connectivity index (χ1) is 50.8. The van der Waals surface area contributed by atoms with E-state index in [1.54, 1.807) is 0 Å². The molecule has 14 nitrogen and oxygen atoms in total. The fraction of sp³-hybridized carbons (Fsp3) is 0.641. The van der Waals surface area contributed by atoms with Crippen molar-refractivity contribution in [1.29, 1.82) is 0 Å². The Bertz CT molecular complexity index is 4030. The zero-order chi connectivity index (χ0) is 75.1. The fourth-order valence-electron chi connectivity index (χ4n) is 22.7. The van der Waals surface area contributed by atoms with Crippen LogP contribution < -0.4 is 16.0 Å². The maximum Gasteiger partial charge on any atom is 0.407 e. The van der Waals surface area contributed by atoms with Gasteiger partial charge in [0.2, 0.25) is 0 Å². The number of esters is 4. The number of ether oxygens (including phenoxy) is 5. The third kappa shape index (κ3) is 17.8. The summed E-state index contributed by atoms with van der Waals surface area (Å²) in [6.07, 6.45) is 22.5. The van der Waals surface area contributed by atoms with Gasteiger partial charge in [0.05, 0.1) is 38.3 Å². The van der Waals surface area contributed by atoms with Crippen molar-refractivity contribution in [3.8, 4) is 23.7 Å². The van der Waals surface area contributed by atoms with E-state index in [-0.39, 0.29) is 65.4 Å². The molecule has 7 aliphatic rings. The number of methoxy groups -OCH3 is 2. The summed E-state index contributed by atoms with van der Waals surface area (Å²) in [6.45, 7) is 24.2. The lowest BCUT2D eigenvalue weighted by atomic mass is 9.44. The Labute approximate surface area is 633 Å². The number of carbonyl (C=O) groups is 5. The topological polar surface area (TPSA) is 173 Å². The highest BCUT2D eigenvalue weighted by molar-refractivity contribution is 6.08. The van der Waals surface area contributed by atoms with Crippen molar-refractivity contribution in [2.45, 2.75) is 253 Å². The summed E-state index contributed by atoms with van der Waals surface area (Å²) in [5.41, 5.74) is 6.09. The van der Waals surface area contributed by atoms with Gasteiger partial charge < -0.3 is 33.6 Å². The number of hydrogen-bond donors (Lipinski definition) is 3. The molecular weight excluding hydrogens is 1320 g/mol. The van der Waals surface area contributed by atoms with Gasteiger partial charge in [0.1, 0.15) is 29.9 Å². The first-order valence-corrected chi connectivity index (χ1v) is 40.9. The van der Waals surface area contributed by atoms with Crippen molar-refractivity contribution < 1.29 is 47.7 Å². The van der Waals surface area contributed by atoms with Crippen molar-refractivity contribution >= 4 is 51.8 Å². The van der Waals surface area contributed by atoms with Gasteiger partial charge in [-0.3, -0.25) is 29.8 Å². The van der Waals surface area contributed by atoms with E-state index in [1.165, 1.54) is 84.8 Å². The molecule has 572 valence electrons. The molecule has 1 heterocycles. The van der Waals surface area contributed by atoms with Crippen LogP contribution in [0.5, 0.6) is 0 Å². The molecule has 4 aromatic carbocycles. The number of benzene rings is 4. The van der Waals surface area contributed by atoms with E-state index >= 15 is 0 Å². The van der Waals surface area contributed by atoms with E-state index in [4.69, 9.17) is 23.7 Å². The SMILES string of the molecule is COC(=O)CC[C@@H](C)C(C)C1(C)CCC2[C@@H](CC[C@H]3C[C@H](OC(=O)[C@H](Cc4ccccc4)NCC#Cc4ccc5c6ccc(C#CCN[C@@H](Cc7ccccc7)C(=O)O[C@@H]7CCC8(C)C9CCC%10(C)C([C@H](C)CCC(=O)OC)CC[C@H]%10[C@@H]9CC[C@@H]8C7)cc6n(CCNC(=O)OC(C)(C)C)c5c4)CCC23C)C1. The molecule has 1 amide bonds. The van der Waals surface area contributed by atoms with E-state index in [1.807, 2.05) is 69.3 Å². The van der Waals surface area contributed by atoms with Gasteiger partial charge in [0.15, 0.2) is 0 Å².